The van der Waals surface area contributed by atoms with Gasteiger partial charge in [-0.05, 0) is 25.0 Å². The molecule has 1 amide bonds. The number of amides is 1. The van der Waals surface area contributed by atoms with Crippen LogP contribution in [0.2, 0.25) is 0 Å². The van der Waals surface area contributed by atoms with Gasteiger partial charge in [-0.2, -0.15) is 5.10 Å². The fraction of sp³-hybridized carbons (Fsp3) is 0.333. The van der Waals surface area contributed by atoms with Crippen LogP contribution in [0.25, 0.3) is 0 Å². The number of carbonyl (C=O) groups is 1. The number of hydrogen-bond acceptors (Lipinski definition) is 3. The normalized spacial score (nSPS) is 10.6. The van der Waals surface area contributed by atoms with Gasteiger partial charge in [0.1, 0.15) is 0 Å². The molecule has 0 atom stereocenters. The molecule has 3 N–H and O–H groups in total. The number of nitrogen functional groups attached to an aromatic ring is 1. The maximum atomic E-state index is 12.5. The molecule has 2 aromatic rings. The van der Waals surface area contributed by atoms with Gasteiger partial charge in [0.25, 0.3) is 5.91 Å². The summed E-state index contributed by atoms with van der Waals surface area (Å²) in [5, 5.41) is 6.92. The summed E-state index contributed by atoms with van der Waals surface area (Å²) < 4.78 is 0. The molecule has 20 heavy (non-hydrogen) atoms. The number of aromatic nitrogens is 2. The molecular weight excluding hydrogens is 252 g/mol. The summed E-state index contributed by atoms with van der Waals surface area (Å²) in [5.41, 5.74) is 9.47. The van der Waals surface area contributed by atoms with E-state index < -0.39 is 0 Å². The average Bonchev–Trinajstić information content (AvgIpc) is 2.80. The fourth-order valence-electron chi connectivity index (χ4n) is 2.20. The standard InChI is InChI=1S/C15H20N4O/c1-4-7-11-13(16)14(18-17-11)15(20)19(3)12-9-6-5-8-10(12)2/h5-6,8-9H,4,7,16H2,1-3H3,(H,17,18). The lowest BCUT2D eigenvalue weighted by Gasteiger charge is -2.18. The Morgan fingerprint density at radius 1 is 1.40 bits per heavy atom. The third kappa shape index (κ3) is 2.52. The van der Waals surface area contributed by atoms with Crippen molar-refractivity contribution in [2.75, 3.05) is 17.7 Å². The minimum Gasteiger partial charge on any atom is -0.395 e. The van der Waals surface area contributed by atoms with Gasteiger partial charge in [-0.15, -0.1) is 0 Å². The monoisotopic (exact) mass is 272 g/mol. The third-order valence-corrected chi connectivity index (χ3v) is 3.37. The number of benzene rings is 1. The number of hydrogen-bond donors (Lipinski definition) is 2. The number of nitrogens with zero attached hydrogens (tertiary/aromatic N) is 2. The lowest BCUT2D eigenvalue weighted by molar-refractivity contribution is 0.0989. The van der Waals surface area contributed by atoms with Gasteiger partial charge in [0, 0.05) is 12.7 Å². The third-order valence-electron chi connectivity index (χ3n) is 3.37. The highest BCUT2D eigenvalue weighted by Gasteiger charge is 2.21. The quantitative estimate of drug-likeness (QED) is 0.898. The molecule has 0 unspecified atom stereocenters. The zero-order valence-corrected chi connectivity index (χ0v) is 12.1. The van der Waals surface area contributed by atoms with Crippen LogP contribution in [0.5, 0.6) is 0 Å². The zero-order valence-electron chi connectivity index (χ0n) is 12.1. The second-order valence-electron chi connectivity index (χ2n) is 4.87. The van der Waals surface area contributed by atoms with Crippen LogP contribution in [0.4, 0.5) is 11.4 Å². The Hall–Kier alpha value is -2.30. The van der Waals surface area contributed by atoms with E-state index in [2.05, 4.69) is 17.1 Å². The molecular formula is C15H20N4O. The van der Waals surface area contributed by atoms with Crippen molar-refractivity contribution in [1.82, 2.24) is 10.2 Å². The molecule has 5 nitrogen and oxygen atoms in total. The largest absolute Gasteiger partial charge is 0.395 e. The fourth-order valence-corrected chi connectivity index (χ4v) is 2.20. The number of aryl methyl sites for hydroxylation is 2. The summed E-state index contributed by atoms with van der Waals surface area (Å²) in [6.07, 6.45) is 1.74. The average molecular weight is 272 g/mol. The van der Waals surface area contributed by atoms with Crippen molar-refractivity contribution >= 4 is 17.3 Å². The van der Waals surface area contributed by atoms with Crippen LogP contribution in [0.3, 0.4) is 0 Å². The highest BCUT2D eigenvalue weighted by atomic mass is 16.2. The molecule has 2 rings (SSSR count). The highest BCUT2D eigenvalue weighted by Crippen LogP contribution is 2.22. The SMILES string of the molecule is CCCc1[nH]nc(C(=O)N(C)c2ccccc2C)c1N. The first-order valence-electron chi connectivity index (χ1n) is 6.72. The van der Waals surface area contributed by atoms with Crippen LogP contribution < -0.4 is 10.6 Å². The van der Waals surface area contributed by atoms with E-state index in [1.165, 1.54) is 0 Å². The molecule has 1 aromatic carbocycles. The Balaban J connectivity index is 2.30. The van der Waals surface area contributed by atoms with Crippen LogP contribution >= 0.6 is 0 Å². The van der Waals surface area contributed by atoms with E-state index in [1.807, 2.05) is 31.2 Å². The van der Waals surface area contributed by atoms with E-state index in [1.54, 1.807) is 11.9 Å². The molecule has 1 aromatic heterocycles. The van der Waals surface area contributed by atoms with Crippen LogP contribution in [-0.4, -0.2) is 23.2 Å². The predicted octanol–water partition coefficient (Wildman–Crippen LogP) is 2.53. The van der Waals surface area contributed by atoms with Crippen LogP contribution in [-0.2, 0) is 6.42 Å². The minimum atomic E-state index is -0.199. The number of rotatable bonds is 4. The first-order valence-corrected chi connectivity index (χ1v) is 6.72. The Kier molecular flexibility index (Phi) is 4.08. The second-order valence-corrected chi connectivity index (χ2v) is 4.87. The van der Waals surface area contributed by atoms with E-state index in [0.717, 1.165) is 29.8 Å². The molecule has 0 fully saturated rings. The van der Waals surface area contributed by atoms with Crippen LogP contribution in [0.1, 0.15) is 35.1 Å². The summed E-state index contributed by atoms with van der Waals surface area (Å²) >= 11 is 0. The van der Waals surface area contributed by atoms with Crippen LogP contribution in [0, 0.1) is 6.92 Å². The highest BCUT2D eigenvalue weighted by molar-refractivity contribution is 6.08. The molecule has 0 saturated heterocycles. The van der Waals surface area contributed by atoms with E-state index >= 15 is 0 Å². The van der Waals surface area contributed by atoms with Gasteiger partial charge in [0.15, 0.2) is 5.69 Å². The number of carbonyl (C=O) groups excluding carboxylic acids is 1. The Morgan fingerprint density at radius 3 is 2.75 bits per heavy atom. The molecule has 0 bridgehead atoms. The van der Waals surface area contributed by atoms with Crippen molar-refractivity contribution in [2.45, 2.75) is 26.7 Å². The summed E-state index contributed by atoms with van der Waals surface area (Å²) in [6.45, 7) is 4.02. The van der Waals surface area contributed by atoms with Gasteiger partial charge in [-0.3, -0.25) is 9.89 Å². The molecule has 1 heterocycles. The lowest BCUT2D eigenvalue weighted by atomic mass is 10.1. The summed E-state index contributed by atoms with van der Waals surface area (Å²) in [6, 6.07) is 7.72. The Bertz CT molecular complexity index is 618. The molecule has 0 saturated carbocycles. The van der Waals surface area contributed by atoms with Crippen molar-refractivity contribution in [2.24, 2.45) is 0 Å². The molecule has 106 valence electrons. The van der Waals surface area contributed by atoms with Gasteiger partial charge < -0.3 is 10.6 Å². The van der Waals surface area contributed by atoms with Gasteiger partial charge in [0.05, 0.1) is 11.4 Å². The maximum absolute atomic E-state index is 12.5. The van der Waals surface area contributed by atoms with Gasteiger partial charge in [-0.25, -0.2) is 0 Å². The van der Waals surface area contributed by atoms with E-state index in [-0.39, 0.29) is 5.91 Å². The molecule has 5 heteroatoms. The number of nitrogens with two attached hydrogens (primary N) is 1. The second kappa shape index (κ2) is 5.77. The van der Waals surface area contributed by atoms with Crippen molar-refractivity contribution in [3.63, 3.8) is 0 Å². The topological polar surface area (TPSA) is 75.0 Å². The first kappa shape index (κ1) is 14.1. The Labute approximate surface area is 118 Å². The molecule has 0 radical (unpaired) electrons. The van der Waals surface area contributed by atoms with Crippen LogP contribution in [0.15, 0.2) is 24.3 Å². The number of anilines is 2. The van der Waals surface area contributed by atoms with Gasteiger partial charge in [-0.1, -0.05) is 31.5 Å². The summed E-state index contributed by atoms with van der Waals surface area (Å²) in [5.74, 6) is -0.199. The Morgan fingerprint density at radius 2 is 2.10 bits per heavy atom. The van der Waals surface area contributed by atoms with E-state index in [4.69, 9.17) is 5.73 Å². The van der Waals surface area contributed by atoms with E-state index in [0.29, 0.717) is 11.4 Å². The number of para-hydroxylation sites is 1. The van der Waals surface area contributed by atoms with Crippen molar-refractivity contribution in [3.8, 4) is 0 Å². The first-order chi connectivity index (χ1) is 9.56. The lowest BCUT2D eigenvalue weighted by Crippen LogP contribution is -2.28. The minimum absolute atomic E-state index is 0.199. The van der Waals surface area contributed by atoms with Crippen molar-refractivity contribution in [1.29, 1.82) is 0 Å². The smallest absolute Gasteiger partial charge is 0.280 e. The number of aromatic amines is 1. The summed E-state index contributed by atoms with van der Waals surface area (Å²) in [7, 11) is 1.73. The number of nitrogens with one attached hydrogen (secondary N) is 1. The van der Waals surface area contributed by atoms with E-state index in [9.17, 15) is 4.79 Å². The van der Waals surface area contributed by atoms with Crippen molar-refractivity contribution in [3.05, 3.63) is 41.2 Å². The predicted molar refractivity (Wildman–Crippen MR) is 80.9 cm³/mol. The van der Waals surface area contributed by atoms with Gasteiger partial charge in [0.2, 0.25) is 0 Å². The molecule has 0 aliphatic rings. The summed E-state index contributed by atoms with van der Waals surface area (Å²) in [4.78, 5) is 14.1. The van der Waals surface area contributed by atoms with Gasteiger partial charge >= 0.3 is 0 Å². The molecule has 0 aliphatic carbocycles. The maximum Gasteiger partial charge on any atom is 0.280 e. The molecule has 0 aliphatic heterocycles. The molecule has 0 spiro atoms. The number of H-pyrrole nitrogens is 1. The zero-order chi connectivity index (χ0) is 14.7. The van der Waals surface area contributed by atoms with Crippen molar-refractivity contribution < 1.29 is 4.79 Å².